The van der Waals surface area contributed by atoms with Crippen molar-refractivity contribution in [1.29, 1.82) is 0 Å². The van der Waals surface area contributed by atoms with Crippen LogP contribution in [0.1, 0.15) is 18.2 Å². The number of hydrogen-bond acceptors (Lipinski definition) is 7. The molecule has 156 valence electrons. The van der Waals surface area contributed by atoms with Gasteiger partial charge in [-0.15, -0.1) is 0 Å². The van der Waals surface area contributed by atoms with Crippen molar-refractivity contribution >= 4 is 17.4 Å². The molecule has 0 radical (unpaired) electrons. The molecule has 3 heterocycles. The van der Waals surface area contributed by atoms with Crippen molar-refractivity contribution in [2.45, 2.75) is 32.0 Å². The molecule has 0 saturated carbocycles. The highest BCUT2D eigenvalue weighted by atomic mass is 35.5. The van der Waals surface area contributed by atoms with E-state index < -0.39 is 10.5 Å². The summed E-state index contributed by atoms with van der Waals surface area (Å²) in [5.74, 6) is 0.375. The molecule has 0 unspecified atom stereocenters. The van der Waals surface area contributed by atoms with Gasteiger partial charge in [0.2, 0.25) is 0 Å². The van der Waals surface area contributed by atoms with Gasteiger partial charge in [0.1, 0.15) is 6.20 Å². The van der Waals surface area contributed by atoms with Crippen LogP contribution in [0.4, 0.5) is 5.82 Å². The van der Waals surface area contributed by atoms with E-state index in [1.54, 1.807) is 6.92 Å². The van der Waals surface area contributed by atoms with Crippen molar-refractivity contribution in [3.8, 4) is 11.4 Å². The molecule has 0 aliphatic carbocycles. The largest absolute Gasteiger partial charge is 0.387 e. The molecule has 1 aromatic carbocycles. The SMILES string of the molecule is C[C@](O)(CN1CCc2nc(-c3ccccc3)ncc2C1)Cn1cc([N+](=O)[O-])nc1Cl. The average Bonchev–Trinajstić information content (AvgIpc) is 3.08. The number of aliphatic hydroxyl groups is 1. The number of nitrogens with zero attached hydrogens (tertiary/aromatic N) is 6. The van der Waals surface area contributed by atoms with Gasteiger partial charge in [0, 0.05) is 43.4 Å². The van der Waals surface area contributed by atoms with E-state index in [0.29, 0.717) is 18.9 Å². The zero-order chi connectivity index (χ0) is 21.3. The van der Waals surface area contributed by atoms with Crippen LogP contribution in [0.2, 0.25) is 5.28 Å². The number of nitro groups is 1. The molecule has 1 aliphatic heterocycles. The summed E-state index contributed by atoms with van der Waals surface area (Å²) in [4.78, 5) is 25.3. The minimum Gasteiger partial charge on any atom is -0.387 e. The number of rotatable bonds is 6. The highest BCUT2D eigenvalue weighted by Gasteiger charge is 2.30. The Labute approximate surface area is 178 Å². The van der Waals surface area contributed by atoms with Crippen LogP contribution in [0.15, 0.2) is 42.7 Å². The molecule has 0 bridgehead atoms. The number of imidazole rings is 1. The Balaban J connectivity index is 1.44. The van der Waals surface area contributed by atoms with Gasteiger partial charge >= 0.3 is 11.1 Å². The lowest BCUT2D eigenvalue weighted by molar-refractivity contribution is -0.389. The Kier molecular flexibility index (Phi) is 5.50. The molecule has 30 heavy (non-hydrogen) atoms. The Morgan fingerprint density at radius 2 is 2.03 bits per heavy atom. The summed E-state index contributed by atoms with van der Waals surface area (Å²) in [7, 11) is 0. The maximum absolute atomic E-state index is 10.9. The van der Waals surface area contributed by atoms with Crippen LogP contribution in [0.25, 0.3) is 11.4 Å². The monoisotopic (exact) mass is 428 g/mol. The van der Waals surface area contributed by atoms with E-state index in [1.807, 2.05) is 36.5 Å². The van der Waals surface area contributed by atoms with E-state index in [0.717, 1.165) is 29.8 Å². The normalized spacial score (nSPS) is 16.1. The van der Waals surface area contributed by atoms with Crippen LogP contribution >= 0.6 is 11.6 Å². The Morgan fingerprint density at radius 3 is 2.73 bits per heavy atom. The van der Waals surface area contributed by atoms with Gasteiger partial charge in [-0.2, -0.15) is 0 Å². The highest BCUT2D eigenvalue weighted by molar-refractivity contribution is 6.28. The molecule has 0 fully saturated rings. The lowest BCUT2D eigenvalue weighted by Crippen LogP contribution is -2.45. The van der Waals surface area contributed by atoms with E-state index in [2.05, 4.69) is 14.9 Å². The van der Waals surface area contributed by atoms with Gasteiger partial charge in [-0.3, -0.25) is 9.47 Å². The summed E-state index contributed by atoms with van der Waals surface area (Å²) in [5.41, 5.74) is 1.89. The summed E-state index contributed by atoms with van der Waals surface area (Å²) in [6, 6.07) is 9.85. The summed E-state index contributed by atoms with van der Waals surface area (Å²) in [5, 5.41) is 21.7. The topological polar surface area (TPSA) is 110 Å². The fourth-order valence-electron chi connectivity index (χ4n) is 3.71. The number of fused-ring (bicyclic) bond motifs is 1. The fraction of sp³-hybridized carbons (Fsp3) is 0.350. The predicted molar refractivity (Wildman–Crippen MR) is 111 cm³/mol. The third kappa shape index (κ3) is 4.48. The van der Waals surface area contributed by atoms with Crippen LogP contribution in [-0.2, 0) is 19.5 Å². The van der Waals surface area contributed by atoms with Gasteiger partial charge < -0.3 is 15.2 Å². The first-order chi connectivity index (χ1) is 14.3. The maximum Gasteiger partial charge on any atom is 0.383 e. The van der Waals surface area contributed by atoms with E-state index in [-0.39, 0.29) is 17.6 Å². The Hall–Kier alpha value is -2.88. The van der Waals surface area contributed by atoms with Crippen molar-refractivity contribution in [2.75, 3.05) is 13.1 Å². The summed E-state index contributed by atoms with van der Waals surface area (Å²) < 4.78 is 1.40. The second-order valence-electron chi connectivity index (χ2n) is 7.74. The summed E-state index contributed by atoms with van der Waals surface area (Å²) in [6.45, 7) is 3.51. The second kappa shape index (κ2) is 8.10. The van der Waals surface area contributed by atoms with Crippen molar-refractivity contribution in [2.24, 2.45) is 0 Å². The molecule has 1 atom stereocenters. The van der Waals surface area contributed by atoms with Crippen molar-refractivity contribution in [3.63, 3.8) is 0 Å². The Bertz CT molecular complexity index is 1070. The average molecular weight is 429 g/mol. The third-order valence-electron chi connectivity index (χ3n) is 5.02. The number of β-amino-alcohol motifs (C(OH)–C–C–N with tert-alkyl or cyclic N) is 1. The minimum absolute atomic E-state index is 0.0205. The lowest BCUT2D eigenvalue weighted by Gasteiger charge is -2.34. The van der Waals surface area contributed by atoms with Crippen molar-refractivity contribution < 1.29 is 10.0 Å². The number of benzene rings is 1. The summed E-state index contributed by atoms with van der Waals surface area (Å²) in [6.07, 6.45) is 3.84. The first kappa shape index (κ1) is 20.4. The van der Waals surface area contributed by atoms with Crippen LogP contribution in [0.5, 0.6) is 0 Å². The predicted octanol–water partition coefficient (Wildman–Crippen LogP) is 2.71. The lowest BCUT2D eigenvalue weighted by atomic mass is 10.0. The number of aromatic nitrogens is 4. The molecule has 1 N–H and O–H groups in total. The maximum atomic E-state index is 10.9. The molecule has 1 aliphatic rings. The van der Waals surface area contributed by atoms with Crippen LogP contribution in [0, 0.1) is 10.1 Å². The molecule has 0 saturated heterocycles. The van der Waals surface area contributed by atoms with E-state index in [1.165, 1.54) is 10.8 Å². The first-order valence-electron chi connectivity index (χ1n) is 9.53. The van der Waals surface area contributed by atoms with Gasteiger partial charge in [-0.05, 0) is 28.4 Å². The number of halogens is 1. The van der Waals surface area contributed by atoms with Gasteiger partial charge in [0.15, 0.2) is 5.82 Å². The van der Waals surface area contributed by atoms with Crippen LogP contribution < -0.4 is 0 Å². The van der Waals surface area contributed by atoms with E-state index in [4.69, 9.17) is 16.6 Å². The van der Waals surface area contributed by atoms with Crippen LogP contribution in [0.3, 0.4) is 0 Å². The van der Waals surface area contributed by atoms with Gasteiger partial charge in [0.05, 0.1) is 17.8 Å². The fourth-order valence-corrected chi connectivity index (χ4v) is 3.91. The smallest absolute Gasteiger partial charge is 0.383 e. The highest BCUT2D eigenvalue weighted by Crippen LogP contribution is 2.24. The molecule has 10 heteroatoms. The standard InChI is InChI=1S/C20H21ClN6O3/c1-20(28,13-26-11-17(27(29)30)24-19(26)21)12-25-8-7-16-15(10-25)9-22-18(23-16)14-5-3-2-4-6-14/h2-6,9,11,28H,7-8,10,12-13H2,1H3/t20-/m0/s1. The van der Waals surface area contributed by atoms with E-state index >= 15 is 0 Å². The first-order valence-corrected chi connectivity index (χ1v) is 9.90. The Morgan fingerprint density at radius 1 is 1.27 bits per heavy atom. The molecule has 9 nitrogen and oxygen atoms in total. The van der Waals surface area contributed by atoms with Gasteiger partial charge in [0.25, 0.3) is 0 Å². The summed E-state index contributed by atoms with van der Waals surface area (Å²) >= 11 is 5.98. The van der Waals surface area contributed by atoms with Gasteiger partial charge in [-0.1, -0.05) is 30.3 Å². The van der Waals surface area contributed by atoms with Crippen molar-refractivity contribution in [3.05, 3.63) is 69.4 Å². The molecular formula is C20H21ClN6O3. The molecular weight excluding hydrogens is 408 g/mol. The quantitative estimate of drug-likeness (QED) is 0.474. The molecule has 3 aromatic rings. The van der Waals surface area contributed by atoms with E-state index in [9.17, 15) is 15.2 Å². The molecule has 0 amide bonds. The molecule has 4 rings (SSSR count). The van der Waals surface area contributed by atoms with Gasteiger partial charge in [-0.25, -0.2) is 9.97 Å². The molecule has 2 aromatic heterocycles. The number of hydrogen-bond donors (Lipinski definition) is 1. The zero-order valence-corrected chi connectivity index (χ0v) is 17.2. The molecule has 0 spiro atoms. The zero-order valence-electron chi connectivity index (χ0n) is 16.4. The second-order valence-corrected chi connectivity index (χ2v) is 8.08. The van der Waals surface area contributed by atoms with Crippen molar-refractivity contribution in [1.82, 2.24) is 24.4 Å². The minimum atomic E-state index is -1.15. The third-order valence-corrected chi connectivity index (χ3v) is 5.32. The van der Waals surface area contributed by atoms with Crippen LogP contribution in [-0.4, -0.2) is 53.1 Å².